The average Bonchev–Trinajstić information content (AvgIpc) is 3.56. The normalized spacial score (nSPS) is 11.5. The zero-order chi connectivity index (χ0) is 25.2. The Bertz CT molecular complexity index is 1720. The van der Waals surface area contributed by atoms with E-state index in [-0.39, 0.29) is 32.8 Å². The van der Waals surface area contributed by atoms with Gasteiger partial charge in [-0.15, -0.1) is 24.3 Å². The number of hydrogen-bond acceptors (Lipinski definition) is 4. The Morgan fingerprint density at radius 2 is 0.784 bits per heavy atom. The quantitative estimate of drug-likeness (QED) is 0.235. The van der Waals surface area contributed by atoms with Crippen molar-refractivity contribution in [3.05, 3.63) is 134 Å². The number of nitrogens with zero attached hydrogens (tertiary/aromatic N) is 2. The fraction of sp³-hybridized carbons (Fsp3) is 0. The summed E-state index contributed by atoms with van der Waals surface area (Å²) in [4.78, 5) is 0.533. The van der Waals surface area contributed by atoms with Crippen molar-refractivity contribution >= 4 is 64.9 Å². The van der Waals surface area contributed by atoms with Crippen molar-refractivity contribution < 1.29 is 16.8 Å². The van der Waals surface area contributed by atoms with Gasteiger partial charge in [-0.1, -0.05) is 84.1 Å². The van der Waals surface area contributed by atoms with Gasteiger partial charge in [-0.05, 0) is 24.3 Å². The molecule has 0 aliphatic carbocycles. The van der Waals surface area contributed by atoms with E-state index in [0.717, 1.165) is 10.8 Å². The van der Waals surface area contributed by atoms with Gasteiger partial charge in [0.2, 0.25) is 20.0 Å². The number of para-hydroxylation sites is 2. The maximum absolute atomic E-state index is 12.4. The Kier molecular flexibility index (Phi) is 7.89. The van der Waals surface area contributed by atoms with Gasteiger partial charge < -0.3 is 7.94 Å². The number of fused-ring (bicyclic) bond motifs is 2. The Morgan fingerprint density at radius 3 is 1.16 bits per heavy atom. The van der Waals surface area contributed by atoms with Crippen LogP contribution in [-0.2, 0) is 20.0 Å². The molecule has 0 aliphatic heterocycles. The second-order valence-electron chi connectivity index (χ2n) is 7.83. The van der Waals surface area contributed by atoms with E-state index in [1.807, 2.05) is 36.4 Å². The monoisotopic (exact) mass is 536 g/mol. The molecule has 6 rings (SSSR count). The van der Waals surface area contributed by atoms with E-state index in [4.69, 9.17) is 0 Å². The van der Waals surface area contributed by atoms with E-state index in [1.54, 1.807) is 84.9 Å². The van der Waals surface area contributed by atoms with Crippen LogP contribution in [0.2, 0.25) is 0 Å². The van der Waals surface area contributed by atoms with Crippen LogP contribution in [0.3, 0.4) is 0 Å². The Morgan fingerprint density at radius 1 is 0.459 bits per heavy atom. The van der Waals surface area contributed by atoms with Gasteiger partial charge in [0.05, 0.1) is 9.79 Å². The molecule has 0 saturated heterocycles. The van der Waals surface area contributed by atoms with Gasteiger partial charge in [0.25, 0.3) is 0 Å². The third-order valence-electron chi connectivity index (χ3n) is 5.55. The van der Waals surface area contributed by atoms with Crippen LogP contribution in [-0.4, -0.2) is 47.8 Å². The predicted octanol–water partition coefficient (Wildman–Crippen LogP) is 4.98. The summed E-state index contributed by atoms with van der Waals surface area (Å²) in [6.07, 6.45) is 5.56. The molecule has 0 fully saturated rings. The van der Waals surface area contributed by atoms with Crippen LogP contribution in [0.5, 0.6) is 0 Å². The van der Waals surface area contributed by atoms with Crippen molar-refractivity contribution in [2.24, 2.45) is 0 Å². The molecule has 0 aliphatic rings. The molecule has 2 aromatic heterocycles. The van der Waals surface area contributed by atoms with Gasteiger partial charge in [0.1, 0.15) is 0 Å². The molecule has 0 radical (unpaired) electrons. The van der Waals surface area contributed by atoms with Crippen LogP contribution in [0.1, 0.15) is 0 Å². The molecular formula is C28H20MgN2O4S2. The van der Waals surface area contributed by atoms with Gasteiger partial charge in [-0.25, -0.2) is 16.8 Å². The predicted molar refractivity (Wildman–Crippen MR) is 145 cm³/mol. The molecule has 37 heavy (non-hydrogen) atoms. The van der Waals surface area contributed by atoms with E-state index in [0.29, 0.717) is 11.0 Å². The van der Waals surface area contributed by atoms with Crippen molar-refractivity contribution in [1.29, 1.82) is 0 Å². The summed E-state index contributed by atoms with van der Waals surface area (Å²) < 4.78 is 52.1. The Labute approximate surface area is 232 Å². The zero-order valence-electron chi connectivity index (χ0n) is 19.6. The second-order valence-corrected chi connectivity index (χ2v) is 11.4. The molecule has 180 valence electrons. The van der Waals surface area contributed by atoms with Gasteiger partial charge in [-0.2, -0.15) is 22.9 Å². The smallest absolute Gasteiger partial charge is 0.360 e. The van der Waals surface area contributed by atoms with Crippen LogP contribution < -0.4 is 0 Å². The number of benzene rings is 4. The first-order chi connectivity index (χ1) is 17.4. The van der Waals surface area contributed by atoms with E-state index >= 15 is 0 Å². The molecule has 0 spiro atoms. The maximum atomic E-state index is 12.4. The summed E-state index contributed by atoms with van der Waals surface area (Å²) in [5.41, 5.74) is 1.28. The molecule has 0 atom stereocenters. The van der Waals surface area contributed by atoms with Crippen LogP contribution >= 0.6 is 0 Å². The summed E-state index contributed by atoms with van der Waals surface area (Å²) in [5, 5.41) is 1.72. The first-order valence-corrected chi connectivity index (χ1v) is 13.8. The number of rotatable bonds is 4. The van der Waals surface area contributed by atoms with Crippen LogP contribution in [0.4, 0.5) is 0 Å². The van der Waals surface area contributed by atoms with Crippen LogP contribution in [0.15, 0.2) is 131 Å². The third-order valence-corrected chi connectivity index (χ3v) is 8.85. The molecule has 0 bridgehead atoms. The minimum atomic E-state index is -3.56. The molecular weight excluding hydrogens is 517 g/mol. The summed E-state index contributed by atoms with van der Waals surface area (Å²) in [6, 6.07) is 34.7. The summed E-state index contributed by atoms with van der Waals surface area (Å²) in [5.74, 6) is 0. The Hall–Kier alpha value is -3.37. The average molecular weight is 537 g/mol. The third kappa shape index (κ3) is 5.21. The first kappa shape index (κ1) is 26.7. The van der Waals surface area contributed by atoms with Crippen molar-refractivity contribution in [2.75, 3.05) is 0 Å². The van der Waals surface area contributed by atoms with Gasteiger partial charge in [0, 0.05) is 0 Å². The van der Waals surface area contributed by atoms with Crippen molar-refractivity contribution in [1.82, 2.24) is 7.94 Å². The van der Waals surface area contributed by atoms with E-state index in [1.165, 1.54) is 7.94 Å². The van der Waals surface area contributed by atoms with Crippen molar-refractivity contribution in [2.45, 2.75) is 9.79 Å². The SMILES string of the molecule is O=S(=O)(c1ccccc1)n1[c-]cc2ccccc21.O=S(=O)(c1ccccc1)n1[c-]cc2ccccc21.[Mg+2]. The van der Waals surface area contributed by atoms with E-state index in [2.05, 4.69) is 12.4 Å². The van der Waals surface area contributed by atoms with Gasteiger partial charge in [0.15, 0.2) is 0 Å². The second kappa shape index (κ2) is 10.9. The Balaban J connectivity index is 0.000000168. The summed E-state index contributed by atoms with van der Waals surface area (Å²) in [6.45, 7) is 0. The maximum Gasteiger partial charge on any atom is 2.00 e. The number of aromatic nitrogens is 2. The fourth-order valence-corrected chi connectivity index (χ4v) is 6.44. The summed E-state index contributed by atoms with van der Waals surface area (Å²) >= 11 is 0. The zero-order valence-corrected chi connectivity index (χ0v) is 22.6. The standard InChI is InChI=1S/2C14H10NO2S.Mg/c2*16-18(17,13-7-2-1-3-8-13)15-11-10-12-6-4-5-9-14(12)15;/h2*1-10H;/q2*-1;+2. The first-order valence-electron chi connectivity index (χ1n) is 11.0. The molecule has 0 unspecified atom stereocenters. The molecule has 0 amide bonds. The van der Waals surface area contributed by atoms with Crippen LogP contribution in [0.25, 0.3) is 21.8 Å². The minimum Gasteiger partial charge on any atom is -0.360 e. The molecule has 0 N–H and O–H groups in total. The topological polar surface area (TPSA) is 78.1 Å². The van der Waals surface area contributed by atoms with E-state index < -0.39 is 20.0 Å². The molecule has 2 heterocycles. The van der Waals surface area contributed by atoms with Gasteiger partial charge in [-0.3, -0.25) is 0 Å². The summed E-state index contributed by atoms with van der Waals surface area (Å²) in [7, 11) is -7.12. The molecule has 4 aromatic carbocycles. The van der Waals surface area contributed by atoms with Crippen LogP contribution in [0, 0.1) is 12.4 Å². The number of hydrogen-bond donors (Lipinski definition) is 0. The fourth-order valence-electron chi connectivity index (χ4n) is 3.78. The minimum absolute atomic E-state index is 0. The molecule has 6 aromatic rings. The van der Waals surface area contributed by atoms with Gasteiger partial charge >= 0.3 is 23.1 Å². The molecule has 6 nitrogen and oxygen atoms in total. The van der Waals surface area contributed by atoms with Crippen molar-refractivity contribution in [3.63, 3.8) is 0 Å². The molecule has 0 saturated carbocycles. The van der Waals surface area contributed by atoms with Crippen molar-refractivity contribution in [3.8, 4) is 0 Å². The molecule has 9 heteroatoms. The van der Waals surface area contributed by atoms with E-state index in [9.17, 15) is 16.8 Å². The largest absolute Gasteiger partial charge is 2.00 e.